The van der Waals surface area contributed by atoms with Crippen LogP contribution in [0.1, 0.15) is 53.6 Å². The summed E-state index contributed by atoms with van der Waals surface area (Å²) in [6, 6.07) is 1.69. The average molecular weight is 453 g/mol. The van der Waals surface area contributed by atoms with E-state index in [1.165, 1.54) is 11.3 Å². The Morgan fingerprint density at radius 3 is 2.84 bits per heavy atom. The van der Waals surface area contributed by atoms with E-state index in [0.717, 1.165) is 41.6 Å². The Morgan fingerprint density at radius 1 is 1.12 bits per heavy atom. The molecular weight excluding hydrogens is 428 g/mol. The molecule has 4 rings (SSSR count). The quantitative estimate of drug-likeness (QED) is 0.273. The van der Waals surface area contributed by atoms with Crippen LogP contribution in [-0.4, -0.2) is 49.0 Å². The second-order valence-corrected chi connectivity index (χ2v) is 8.26. The first-order valence-corrected chi connectivity index (χ1v) is 11.3. The molecule has 0 aliphatic rings. The number of aromatic amines is 2. The summed E-state index contributed by atoms with van der Waals surface area (Å²) in [6.45, 7) is 0. The van der Waals surface area contributed by atoms with Crippen LogP contribution >= 0.6 is 11.3 Å². The number of carbonyl (C=O) groups excluding carboxylic acids is 2. The molecule has 0 unspecified atom stereocenters. The third-order valence-electron chi connectivity index (χ3n) is 5.16. The van der Waals surface area contributed by atoms with Crippen molar-refractivity contribution in [2.75, 3.05) is 7.05 Å². The van der Waals surface area contributed by atoms with Crippen molar-refractivity contribution < 1.29 is 9.59 Å². The molecule has 0 spiro atoms. The second-order valence-electron chi connectivity index (χ2n) is 7.38. The Morgan fingerprint density at radius 2 is 2.03 bits per heavy atom. The predicted molar refractivity (Wildman–Crippen MR) is 121 cm³/mol. The molecular formula is C21H24N8O2S. The number of nitrogens with zero attached hydrogens (tertiary/aromatic N) is 4. The van der Waals surface area contributed by atoms with E-state index >= 15 is 0 Å². The lowest BCUT2D eigenvalue weighted by atomic mass is 10.1. The number of aromatic nitrogens is 6. The van der Waals surface area contributed by atoms with E-state index in [0.29, 0.717) is 23.5 Å². The maximum atomic E-state index is 12.6. The van der Waals surface area contributed by atoms with Crippen LogP contribution in [0.5, 0.6) is 0 Å². The molecule has 0 bridgehead atoms. The van der Waals surface area contributed by atoms with Gasteiger partial charge in [-0.15, -0.1) is 11.3 Å². The van der Waals surface area contributed by atoms with E-state index in [1.54, 1.807) is 37.3 Å². The number of imidazole rings is 1. The number of unbranched alkanes of at least 4 members (excludes halogenated alkanes) is 2. The second kappa shape index (κ2) is 10.1. The molecule has 0 saturated heterocycles. The lowest BCUT2D eigenvalue weighted by Gasteiger charge is -2.16. The Kier molecular flexibility index (Phi) is 6.85. The number of H-pyrrole nitrogens is 2. The number of pyridine rings is 1. The molecule has 0 aliphatic carbocycles. The summed E-state index contributed by atoms with van der Waals surface area (Å²) in [5, 5.41) is 13.4. The van der Waals surface area contributed by atoms with Gasteiger partial charge >= 0.3 is 0 Å². The smallest absolute Gasteiger partial charge is 0.263 e. The first-order valence-electron chi connectivity index (χ1n) is 10.4. The molecule has 0 saturated carbocycles. The fourth-order valence-corrected chi connectivity index (χ4v) is 3.94. The van der Waals surface area contributed by atoms with Gasteiger partial charge in [0.05, 0.1) is 35.8 Å². The third-order valence-corrected chi connectivity index (χ3v) is 5.94. The van der Waals surface area contributed by atoms with Gasteiger partial charge in [-0.25, -0.2) is 9.97 Å². The summed E-state index contributed by atoms with van der Waals surface area (Å²) in [4.78, 5) is 40.8. The van der Waals surface area contributed by atoms with Gasteiger partial charge in [0, 0.05) is 30.6 Å². The predicted octanol–water partition coefficient (Wildman–Crippen LogP) is 2.97. The highest BCUT2D eigenvalue weighted by Crippen LogP contribution is 2.24. The summed E-state index contributed by atoms with van der Waals surface area (Å²) >= 11 is 1.29. The van der Waals surface area contributed by atoms with E-state index < -0.39 is 0 Å². The van der Waals surface area contributed by atoms with Crippen molar-refractivity contribution in [1.29, 1.82) is 0 Å². The molecule has 1 atom stereocenters. The maximum Gasteiger partial charge on any atom is 0.263 e. The standard InChI is InChI=1S/C21H24N8O2S/c1-22-18(30)6-4-2-3-5-15(28-21(31)17-11-23-12-32-17)20-25-10-16(27-20)13-7-14-9-26-29-19(14)24-8-13/h7-12,15H,2-6H2,1H3,(H,22,30)(H,25,27)(H,28,31)(H,24,26,29)/t15-/m0/s1. The lowest BCUT2D eigenvalue weighted by Crippen LogP contribution is -2.28. The molecule has 4 aromatic rings. The van der Waals surface area contributed by atoms with E-state index in [4.69, 9.17) is 0 Å². The van der Waals surface area contributed by atoms with Gasteiger partial charge in [-0.3, -0.25) is 19.7 Å². The zero-order valence-corrected chi connectivity index (χ0v) is 18.4. The van der Waals surface area contributed by atoms with Gasteiger partial charge < -0.3 is 15.6 Å². The topological polar surface area (TPSA) is 141 Å². The van der Waals surface area contributed by atoms with Gasteiger partial charge in [0.15, 0.2) is 5.65 Å². The molecule has 0 aliphatic heterocycles. The monoisotopic (exact) mass is 452 g/mol. The van der Waals surface area contributed by atoms with E-state index in [1.807, 2.05) is 6.07 Å². The number of hydrogen-bond donors (Lipinski definition) is 4. The normalized spacial score (nSPS) is 12.0. The molecule has 166 valence electrons. The van der Waals surface area contributed by atoms with Crippen molar-refractivity contribution in [3.8, 4) is 11.3 Å². The van der Waals surface area contributed by atoms with E-state index in [9.17, 15) is 9.59 Å². The van der Waals surface area contributed by atoms with Gasteiger partial charge in [-0.2, -0.15) is 5.10 Å². The highest BCUT2D eigenvalue weighted by molar-refractivity contribution is 7.11. The van der Waals surface area contributed by atoms with Crippen LogP contribution in [-0.2, 0) is 4.79 Å². The van der Waals surface area contributed by atoms with Crippen LogP contribution < -0.4 is 10.6 Å². The average Bonchev–Trinajstić information content (AvgIpc) is 3.58. The number of carbonyl (C=O) groups is 2. The van der Waals surface area contributed by atoms with Crippen molar-refractivity contribution in [3.05, 3.63) is 47.1 Å². The third kappa shape index (κ3) is 5.17. The first-order chi connectivity index (χ1) is 15.6. The zero-order valence-electron chi connectivity index (χ0n) is 17.6. The molecule has 0 fully saturated rings. The number of amides is 2. The minimum Gasteiger partial charge on any atom is -0.359 e. The highest BCUT2D eigenvalue weighted by atomic mass is 32.1. The van der Waals surface area contributed by atoms with Crippen LogP contribution in [0.15, 0.2) is 36.4 Å². The van der Waals surface area contributed by atoms with E-state index in [2.05, 4.69) is 40.8 Å². The Labute approximate surface area is 188 Å². The molecule has 0 aromatic carbocycles. The molecule has 2 amide bonds. The van der Waals surface area contributed by atoms with Crippen LogP contribution in [0, 0.1) is 0 Å². The van der Waals surface area contributed by atoms with Gasteiger partial charge in [0.25, 0.3) is 5.91 Å². The first kappa shape index (κ1) is 21.6. The van der Waals surface area contributed by atoms with Gasteiger partial charge in [-0.1, -0.05) is 12.8 Å². The molecule has 10 nitrogen and oxygen atoms in total. The number of thiazole rings is 1. The Balaban J connectivity index is 1.47. The Bertz CT molecular complexity index is 1180. The molecule has 0 radical (unpaired) electrons. The lowest BCUT2D eigenvalue weighted by molar-refractivity contribution is -0.120. The minimum absolute atomic E-state index is 0.0407. The summed E-state index contributed by atoms with van der Waals surface area (Å²) in [7, 11) is 1.64. The van der Waals surface area contributed by atoms with Gasteiger partial charge in [0.2, 0.25) is 5.91 Å². The van der Waals surface area contributed by atoms with Crippen molar-refractivity contribution in [1.82, 2.24) is 40.8 Å². The fourth-order valence-electron chi connectivity index (χ4n) is 3.41. The van der Waals surface area contributed by atoms with Gasteiger partial charge in [0.1, 0.15) is 10.7 Å². The molecule has 4 aromatic heterocycles. The van der Waals surface area contributed by atoms with Crippen molar-refractivity contribution >= 4 is 34.2 Å². The Hall–Kier alpha value is -3.60. The minimum atomic E-state index is -0.288. The summed E-state index contributed by atoms with van der Waals surface area (Å²) < 4.78 is 0. The largest absolute Gasteiger partial charge is 0.359 e. The summed E-state index contributed by atoms with van der Waals surface area (Å²) in [5.41, 5.74) is 4.05. The van der Waals surface area contributed by atoms with Crippen molar-refractivity contribution in [3.63, 3.8) is 0 Å². The number of nitrogens with one attached hydrogen (secondary N) is 4. The summed E-state index contributed by atoms with van der Waals surface area (Å²) in [6.07, 6.45) is 10.5. The van der Waals surface area contributed by atoms with Crippen molar-refractivity contribution in [2.45, 2.75) is 38.1 Å². The maximum absolute atomic E-state index is 12.6. The highest BCUT2D eigenvalue weighted by Gasteiger charge is 2.20. The van der Waals surface area contributed by atoms with E-state index in [-0.39, 0.29) is 17.9 Å². The van der Waals surface area contributed by atoms with Crippen LogP contribution in [0.4, 0.5) is 0 Å². The fraction of sp³-hybridized carbons (Fsp3) is 0.333. The number of fused-ring (bicyclic) bond motifs is 1. The van der Waals surface area contributed by atoms with Crippen LogP contribution in [0.2, 0.25) is 0 Å². The molecule has 11 heteroatoms. The molecule has 4 N–H and O–H groups in total. The number of rotatable bonds is 10. The molecule has 32 heavy (non-hydrogen) atoms. The number of hydrogen-bond acceptors (Lipinski definition) is 7. The van der Waals surface area contributed by atoms with Crippen molar-refractivity contribution in [2.24, 2.45) is 0 Å². The summed E-state index contributed by atoms with van der Waals surface area (Å²) in [5.74, 6) is 0.540. The van der Waals surface area contributed by atoms with Gasteiger partial charge in [-0.05, 0) is 18.9 Å². The SMILES string of the molecule is CNC(=O)CCCCC[C@H](NC(=O)c1cncs1)c1ncc(-c2cnc3[nH]ncc3c2)[nH]1. The van der Waals surface area contributed by atoms with Crippen LogP contribution in [0.25, 0.3) is 22.3 Å². The zero-order chi connectivity index (χ0) is 22.3. The van der Waals surface area contributed by atoms with Crippen LogP contribution in [0.3, 0.4) is 0 Å². The molecule has 4 heterocycles.